The van der Waals surface area contributed by atoms with E-state index in [4.69, 9.17) is 5.73 Å². The third kappa shape index (κ3) is 3.43. The molecular weight excluding hydrogens is 356 g/mol. The number of nitrogen functional groups attached to an aromatic ring is 1. The highest BCUT2D eigenvalue weighted by Gasteiger charge is 2.25. The summed E-state index contributed by atoms with van der Waals surface area (Å²) in [6, 6.07) is 13.0. The minimum Gasteiger partial charge on any atom is -0.383 e. The van der Waals surface area contributed by atoms with Crippen molar-refractivity contribution in [1.82, 2.24) is 9.55 Å². The first-order valence-electron chi connectivity index (χ1n) is 9.41. The van der Waals surface area contributed by atoms with Crippen LogP contribution in [-0.2, 0) is 6.54 Å². The summed E-state index contributed by atoms with van der Waals surface area (Å²) in [7, 11) is 0. The summed E-state index contributed by atoms with van der Waals surface area (Å²) in [6.45, 7) is 4.38. The van der Waals surface area contributed by atoms with E-state index >= 15 is 0 Å². The van der Waals surface area contributed by atoms with Crippen molar-refractivity contribution in [3.8, 4) is 0 Å². The molecule has 146 valence electrons. The summed E-state index contributed by atoms with van der Waals surface area (Å²) in [5.41, 5.74) is 5.44. The average Bonchev–Trinajstić information content (AvgIpc) is 2.70. The van der Waals surface area contributed by atoms with Crippen LogP contribution in [0.1, 0.15) is 37.0 Å². The number of amides is 1. The van der Waals surface area contributed by atoms with Gasteiger partial charge in [-0.05, 0) is 30.2 Å². The molecule has 0 atom stereocenters. The maximum Gasteiger partial charge on any atom is 0.330 e. The van der Waals surface area contributed by atoms with E-state index in [2.05, 4.69) is 4.98 Å². The Hall–Kier alpha value is -3.35. The molecule has 1 aromatic heterocycles. The van der Waals surface area contributed by atoms with Gasteiger partial charge in [-0.15, -0.1) is 0 Å². The third-order valence-electron chi connectivity index (χ3n) is 4.80. The second-order valence-corrected chi connectivity index (χ2v) is 6.57. The summed E-state index contributed by atoms with van der Waals surface area (Å²) >= 11 is 0. The summed E-state index contributed by atoms with van der Waals surface area (Å²) in [4.78, 5) is 41.7. The van der Waals surface area contributed by atoms with Gasteiger partial charge < -0.3 is 10.6 Å². The van der Waals surface area contributed by atoms with Crippen LogP contribution in [0.4, 0.5) is 11.5 Å². The minimum absolute atomic E-state index is 0.0103. The van der Waals surface area contributed by atoms with E-state index in [1.54, 1.807) is 19.1 Å². The van der Waals surface area contributed by atoms with E-state index in [9.17, 15) is 14.4 Å². The van der Waals surface area contributed by atoms with Gasteiger partial charge in [-0.2, -0.15) is 0 Å². The quantitative estimate of drug-likeness (QED) is 0.686. The Morgan fingerprint density at radius 2 is 1.82 bits per heavy atom. The van der Waals surface area contributed by atoms with Crippen molar-refractivity contribution in [3.05, 3.63) is 68.9 Å². The first kappa shape index (κ1) is 19.4. The molecule has 0 radical (unpaired) electrons. The van der Waals surface area contributed by atoms with Crippen LogP contribution in [0.2, 0.25) is 0 Å². The Morgan fingerprint density at radius 3 is 2.54 bits per heavy atom. The fourth-order valence-electron chi connectivity index (χ4n) is 3.34. The lowest BCUT2D eigenvalue weighted by Crippen LogP contribution is -2.41. The molecule has 0 aliphatic rings. The molecule has 3 rings (SSSR count). The maximum atomic E-state index is 13.3. The van der Waals surface area contributed by atoms with Crippen LogP contribution in [0.3, 0.4) is 0 Å². The van der Waals surface area contributed by atoms with E-state index in [0.29, 0.717) is 12.1 Å². The second kappa shape index (κ2) is 8.12. The van der Waals surface area contributed by atoms with Crippen molar-refractivity contribution in [1.29, 1.82) is 0 Å². The van der Waals surface area contributed by atoms with E-state index in [1.165, 1.54) is 9.47 Å². The lowest BCUT2D eigenvalue weighted by atomic mass is 10.0. The van der Waals surface area contributed by atoms with Crippen LogP contribution in [0, 0.1) is 0 Å². The Morgan fingerprint density at radius 1 is 1.11 bits per heavy atom. The predicted molar refractivity (Wildman–Crippen MR) is 112 cm³/mol. The van der Waals surface area contributed by atoms with Gasteiger partial charge in [-0.3, -0.25) is 19.1 Å². The van der Waals surface area contributed by atoms with E-state index in [-0.39, 0.29) is 24.0 Å². The number of unbranched alkanes of at least 4 members (excludes halogenated alkanes) is 1. The van der Waals surface area contributed by atoms with Crippen molar-refractivity contribution in [2.24, 2.45) is 0 Å². The van der Waals surface area contributed by atoms with E-state index in [1.807, 2.05) is 37.3 Å². The Kier molecular flexibility index (Phi) is 5.63. The largest absolute Gasteiger partial charge is 0.383 e. The smallest absolute Gasteiger partial charge is 0.330 e. The zero-order chi connectivity index (χ0) is 20.3. The van der Waals surface area contributed by atoms with Crippen molar-refractivity contribution >= 4 is 28.2 Å². The number of hydrogen-bond acceptors (Lipinski definition) is 4. The van der Waals surface area contributed by atoms with E-state index in [0.717, 1.165) is 23.6 Å². The molecule has 0 aliphatic heterocycles. The van der Waals surface area contributed by atoms with Gasteiger partial charge in [-0.25, -0.2) is 4.79 Å². The van der Waals surface area contributed by atoms with Crippen LogP contribution in [0.25, 0.3) is 10.8 Å². The second-order valence-electron chi connectivity index (χ2n) is 6.57. The molecule has 1 heterocycles. The number of rotatable bonds is 6. The monoisotopic (exact) mass is 380 g/mol. The van der Waals surface area contributed by atoms with Crippen molar-refractivity contribution in [2.75, 3.05) is 17.2 Å². The van der Waals surface area contributed by atoms with Crippen molar-refractivity contribution in [3.63, 3.8) is 0 Å². The molecule has 3 aromatic rings. The van der Waals surface area contributed by atoms with Crippen molar-refractivity contribution in [2.45, 2.75) is 33.2 Å². The van der Waals surface area contributed by atoms with Gasteiger partial charge in [0, 0.05) is 18.7 Å². The van der Waals surface area contributed by atoms with Crippen LogP contribution in [0.5, 0.6) is 0 Å². The number of aromatic amines is 1. The topological polar surface area (TPSA) is 101 Å². The molecule has 3 N–H and O–H groups in total. The zero-order valence-electron chi connectivity index (χ0n) is 16.1. The van der Waals surface area contributed by atoms with Crippen LogP contribution < -0.4 is 21.9 Å². The van der Waals surface area contributed by atoms with Crippen LogP contribution in [-0.4, -0.2) is 22.0 Å². The number of carbonyl (C=O) groups excluding carboxylic acids is 1. The van der Waals surface area contributed by atoms with Gasteiger partial charge in [0.25, 0.3) is 11.5 Å². The summed E-state index contributed by atoms with van der Waals surface area (Å²) < 4.78 is 1.32. The van der Waals surface area contributed by atoms with Gasteiger partial charge in [-0.1, -0.05) is 49.7 Å². The fourth-order valence-corrected chi connectivity index (χ4v) is 3.34. The highest BCUT2D eigenvalue weighted by atomic mass is 16.2. The van der Waals surface area contributed by atoms with E-state index < -0.39 is 11.2 Å². The molecule has 1 amide bonds. The number of anilines is 2. The SMILES string of the molecule is CCCCn1c(N)c(N(CC)C(=O)c2cccc3ccccc23)c(=O)[nH]c1=O. The lowest BCUT2D eigenvalue weighted by molar-refractivity contribution is 0.0989. The molecular formula is C21H24N4O3. The summed E-state index contributed by atoms with van der Waals surface area (Å²) in [6.07, 6.45) is 1.60. The highest BCUT2D eigenvalue weighted by Crippen LogP contribution is 2.24. The number of nitrogens with one attached hydrogen (secondary N) is 1. The number of fused-ring (bicyclic) bond motifs is 1. The van der Waals surface area contributed by atoms with Crippen molar-refractivity contribution < 1.29 is 4.79 Å². The number of carbonyl (C=O) groups is 1. The molecule has 7 nitrogen and oxygen atoms in total. The normalized spacial score (nSPS) is 10.9. The van der Waals surface area contributed by atoms with Gasteiger partial charge in [0.15, 0.2) is 5.69 Å². The average molecular weight is 380 g/mol. The predicted octanol–water partition coefficient (Wildman–Crippen LogP) is 2.74. The first-order chi connectivity index (χ1) is 13.5. The van der Waals surface area contributed by atoms with Crippen LogP contribution >= 0.6 is 0 Å². The number of nitrogens with zero attached hydrogens (tertiary/aromatic N) is 2. The molecule has 2 aromatic carbocycles. The summed E-state index contributed by atoms with van der Waals surface area (Å²) in [5, 5.41) is 1.72. The Balaban J connectivity index is 2.14. The molecule has 0 fully saturated rings. The lowest BCUT2D eigenvalue weighted by Gasteiger charge is -2.23. The minimum atomic E-state index is -0.661. The maximum absolute atomic E-state index is 13.3. The molecule has 0 bridgehead atoms. The van der Waals surface area contributed by atoms with Gasteiger partial charge >= 0.3 is 5.69 Å². The molecule has 0 aliphatic carbocycles. The number of H-pyrrole nitrogens is 1. The van der Waals surface area contributed by atoms with Gasteiger partial charge in [0.1, 0.15) is 5.82 Å². The number of hydrogen-bond donors (Lipinski definition) is 2. The number of aromatic nitrogens is 2. The third-order valence-corrected chi connectivity index (χ3v) is 4.80. The number of nitrogens with two attached hydrogens (primary N) is 1. The first-order valence-corrected chi connectivity index (χ1v) is 9.41. The Labute approximate surface area is 162 Å². The Bertz CT molecular complexity index is 1130. The zero-order valence-corrected chi connectivity index (χ0v) is 16.1. The molecule has 28 heavy (non-hydrogen) atoms. The number of benzene rings is 2. The summed E-state index contributed by atoms with van der Waals surface area (Å²) in [5.74, 6) is -0.324. The van der Waals surface area contributed by atoms with Gasteiger partial charge in [0.2, 0.25) is 0 Å². The fraction of sp³-hybridized carbons (Fsp3) is 0.286. The molecule has 7 heteroatoms. The van der Waals surface area contributed by atoms with Crippen LogP contribution in [0.15, 0.2) is 52.1 Å². The molecule has 0 unspecified atom stereocenters. The van der Waals surface area contributed by atoms with Gasteiger partial charge in [0.05, 0.1) is 0 Å². The molecule has 0 spiro atoms. The molecule has 0 saturated carbocycles. The standard InChI is InChI=1S/C21H24N4O3/c1-3-5-13-25-18(22)17(19(26)23-21(25)28)24(4-2)20(27)16-12-8-10-14-9-6-7-11-15(14)16/h6-12H,3-5,13,22H2,1-2H3,(H,23,26,28). The molecule has 0 saturated heterocycles. The highest BCUT2D eigenvalue weighted by molar-refractivity contribution is 6.14.